The van der Waals surface area contributed by atoms with E-state index < -0.39 is 35.3 Å². The number of carboxylic acid groups (broad SMARTS) is 3. The quantitative estimate of drug-likeness (QED) is 0.229. The number of carbonyl (C=O) groups is 6. The molecule has 0 unspecified atom stereocenters. The first-order valence-electron chi connectivity index (χ1n) is 9.07. The maximum absolute atomic E-state index is 10.7. The number of ketones is 3. The van der Waals surface area contributed by atoms with Crippen molar-refractivity contribution < 1.29 is 61.2 Å². The minimum atomic E-state index is -1.67. The standard InChI is InChI=1S/3C8H6O3.Fe/c3*9-7(8(10)11)6-4-2-1-3-5-6;/h3*1-5H,(H,10,11);/q;;;+3/p-3. The van der Waals surface area contributed by atoms with E-state index in [2.05, 4.69) is 0 Å². The fraction of sp³-hybridized carbons (Fsp3) is 0. The van der Waals surface area contributed by atoms with Crippen LogP contribution in [-0.4, -0.2) is 35.3 Å². The molecule has 10 heteroatoms. The van der Waals surface area contributed by atoms with Gasteiger partial charge in [-0.1, -0.05) is 91.0 Å². The van der Waals surface area contributed by atoms with Crippen LogP contribution < -0.4 is 15.3 Å². The van der Waals surface area contributed by atoms with Crippen LogP contribution in [0.2, 0.25) is 0 Å². The van der Waals surface area contributed by atoms with Gasteiger partial charge in [0.15, 0.2) is 0 Å². The summed E-state index contributed by atoms with van der Waals surface area (Å²) >= 11 is 0. The Bertz CT molecular complexity index is 983. The van der Waals surface area contributed by atoms with Gasteiger partial charge in [-0.15, -0.1) is 0 Å². The molecule has 0 N–H and O–H groups in total. The van der Waals surface area contributed by atoms with E-state index >= 15 is 0 Å². The van der Waals surface area contributed by atoms with Gasteiger partial charge in [0.2, 0.25) is 17.3 Å². The van der Waals surface area contributed by atoms with Crippen LogP contribution in [0.1, 0.15) is 31.1 Å². The molecule has 173 valence electrons. The number of hydrogen-bond donors (Lipinski definition) is 0. The van der Waals surface area contributed by atoms with Crippen LogP contribution >= 0.6 is 0 Å². The molecular weight excluding hydrogens is 488 g/mol. The van der Waals surface area contributed by atoms with Crippen LogP contribution in [0.15, 0.2) is 91.0 Å². The minimum Gasteiger partial charge on any atom is -0.541 e. The molecule has 0 spiro atoms. The zero-order chi connectivity index (χ0) is 24.8. The number of rotatable bonds is 6. The third kappa shape index (κ3) is 10.3. The first-order chi connectivity index (χ1) is 15.6. The van der Waals surface area contributed by atoms with Gasteiger partial charge >= 0.3 is 17.1 Å². The van der Waals surface area contributed by atoms with Crippen molar-refractivity contribution in [3.05, 3.63) is 108 Å². The summed E-state index contributed by atoms with van der Waals surface area (Å²) in [6.45, 7) is 0. The molecule has 34 heavy (non-hydrogen) atoms. The van der Waals surface area contributed by atoms with Gasteiger partial charge in [0.1, 0.15) is 17.9 Å². The number of aliphatic carboxylic acids is 3. The van der Waals surface area contributed by atoms with Gasteiger partial charge in [-0.3, -0.25) is 14.4 Å². The van der Waals surface area contributed by atoms with Crippen molar-refractivity contribution in [3.8, 4) is 0 Å². The summed E-state index contributed by atoms with van der Waals surface area (Å²) in [5.41, 5.74) is 0.438. The first kappa shape index (κ1) is 29.6. The largest absolute Gasteiger partial charge is 3.00 e. The number of Topliss-reactive ketones (excluding diaryl/α,β-unsaturated/α-hetero) is 3. The molecule has 0 aliphatic carbocycles. The van der Waals surface area contributed by atoms with Crippen molar-refractivity contribution in [2.24, 2.45) is 0 Å². The number of hydrogen-bond acceptors (Lipinski definition) is 9. The summed E-state index contributed by atoms with van der Waals surface area (Å²) in [6.07, 6.45) is 0. The summed E-state index contributed by atoms with van der Waals surface area (Å²) in [6, 6.07) is 23.2. The minimum absolute atomic E-state index is 0. The van der Waals surface area contributed by atoms with Gasteiger partial charge in [-0.05, 0) is 0 Å². The SMILES string of the molecule is O=C([O-])C(=O)c1ccccc1.O=C([O-])C(=O)c1ccccc1.O=C([O-])C(=O)c1ccccc1.[Fe+3]. The van der Waals surface area contributed by atoms with Crippen molar-refractivity contribution in [1.82, 2.24) is 0 Å². The van der Waals surface area contributed by atoms with Gasteiger partial charge in [0, 0.05) is 16.7 Å². The van der Waals surface area contributed by atoms with Crippen LogP contribution in [0.4, 0.5) is 0 Å². The van der Waals surface area contributed by atoms with Crippen LogP contribution in [0.25, 0.3) is 0 Å². The smallest absolute Gasteiger partial charge is 0.541 e. The Morgan fingerprint density at radius 2 is 0.559 bits per heavy atom. The van der Waals surface area contributed by atoms with E-state index in [9.17, 15) is 44.1 Å². The molecule has 0 bridgehead atoms. The average Bonchev–Trinajstić information content (AvgIpc) is 2.84. The van der Waals surface area contributed by atoms with Crippen molar-refractivity contribution in [2.75, 3.05) is 0 Å². The second-order valence-corrected chi connectivity index (χ2v) is 5.95. The molecule has 0 aliphatic rings. The van der Waals surface area contributed by atoms with Crippen LogP contribution in [0.3, 0.4) is 0 Å². The van der Waals surface area contributed by atoms with Gasteiger partial charge in [-0.25, -0.2) is 0 Å². The number of carboxylic acids is 3. The molecule has 0 saturated heterocycles. The molecule has 0 amide bonds. The second-order valence-electron chi connectivity index (χ2n) is 5.95. The molecule has 0 aromatic heterocycles. The summed E-state index contributed by atoms with van der Waals surface area (Å²) in [5.74, 6) is -7.95. The summed E-state index contributed by atoms with van der Waals surface area (Å²) in [7, 11) is 0. The monoisotopic (exact) mass is 503 g/mol. The topological polar surface area (TPSA) is 172 Å². The second kappa shape index (κ2) is 15.4. The molecule has 0 fully saturated rings. The van der Waals surface area contributed by atoms with E-state index in [0.717, 1.165) is 0 Å². The van der Waals surface area contributed by atoms with E-state index in [1.807, 2.05) is 0 Å². The average molecular weight is 503 g/mol. The van der Waals surface area contributed by atoms with Crippen molar-refractivity contribution in [3.63, 3.8) is 0 Å². The molecule has 0 aliphatic heterocycles. The molecule has 0 atom stereocenters. The molecule has 0 saturated carbocycles. The number of benzene rings is 3. The molecular formula is C24H15FeO9. The van der Waals surface area contributed by atoms with Gasteiger partial charge in [0.25, 0.3) is 0 Å². The van der Waals surface area contributed by atoms with Crippen LogP contribution in [0.5, 0.6) is 0 Å². The Balaban J connectivity index is 0.000000473. The third-order valence-electron chi connectivity index (χ3n) is 3.66. The molecule has 0 heterocycles. The summed E-state index contributed by atoms with van der Waals surface area (Å²) in [4.78, 5) is 62.2. The summed E-state index contributed by atoms with van der Waals surface area (Å²) < 4.78 is 0. The zero-order valence-electron chi connectivity index (χ0n) is 17.2. The Kier molecular flexibility index (Phi) is 13.4. The normalized spacial score (nSPS) is 8.82. The van der Waals surface area contributed by atoms with E-state index in [1.54, 1.807) is 54.6 Å². The molecule has 3 aromatic rings. The van der Waals surface area contributed by atoms with E-state index in [4.69, 9.17) is 0 Å². The summed E-state index contributed by atoms with van der Waals surface area (Å²) in [5, 5.41) is 30.1. The molecule has 1 radical (unpaired) electrons. The maximum atomic E-state index is 10.7. The third-order valence-corrected chi connectivity index (χ3v) is 3.66. The van der Waals surface area contributed by atoms with Crippen LogP contribution in [0, 0.1) is 0 Å². The Morgan fingerprint density at radius 3 is 0.706 bits per heavy atom. The van der Waals surface area contributed by atoms with E-state index in [0.29, 0.717) is 0 Å². The van der Waals surface area contributed by atoms with E-state index in [1.165, 1.54) is 36.4 Å². The van der Waals surface area contributed by atoms with Crippen molar-refractivity contribution in [1.29, 1.82) is 0 Å². The Hall–Kier alpha value is -4.40. The van der Waals surface area contributed by atoms with Crippen LogP contribution in [-0.2, 0) is 31.5 Å². The molecule has 9 nitrogen and oxygen atoms in total. The first-order valence-corrected chi connectivity index (χ1v) is 9.07. The van der Waals surface area contributed by atoms with Gasteiger partial charge < -0.3 is 29.7 Å². The predicted octanol–water partition coefficient (Wildman–Crippen LogP) is -1.14. The number of carbonyl (C=O) groups excluding carboxylic acids is 6. The molecule has 3 rings (SSSR count). The fourth-order valence-corrected chi connectivity index (χ4v) is 2.12. The fourth-order valence-electron chi connectivity index (χ4n) is 2.12. The predicted molar refractivity (Wildman–Crippen MR) is 107 cm³/mol. The van der Waals surface area contributed by atoms with Crippen molar-refractivity contribution >= 4 is 35.3 Å². The Labute approximate surface area is 204 Å². The maximum Gasteiger partial charge on any atom is 3.00 e. The van der Waals surface area contributed by atoms with E-state index in [-0.39, 0.29) is 33.8 Å². The Morgan fingerprint density at radius 1 is 0.382 bits per heavy atom. The molecule has 3 aromatic carbocycles. The zero-order valence-corrected chi connectivity index (χ0v) is 18.3. The van der Waals surface area contributed by atoms with Gasteiger partial charge in [0.05, 0.1) is 0 Å². The van der Waals surface area contributed by atoms with Crippen molar-refractivity contribution in [2.45, 2.75) is 0 Å². The van der Waals surface area contributed by atoms with Gasteiger partial charge in [-0.2, -0.15) is 0 Å².